The number of hydrogen-bond acceptors (Lipinski definition) is 4. The van der Waals surface area contributed by atoms with Crippen molar-refractivity contribution in [3.05, 3.63) is 60.2 Å². The lowest BCUT2D eigenvalue weighted by Gasteiger charge is -2.50. The van der Waals surface area contributed by atoms with Gasteiger partial charge in [-0.05, 0) is 42.7 Å². The van der Waals surface area contributed by atoms with Crippen molar-refractivity contribution in [1.82, 2.24) is 19.8 Å². The number of piperidine rings is 2. The first-order valence-electron chi connectivity index (χ1n) is 10.0. The van der Waals surface area contributed by atoms with Crippen LogP contribution in [0.15, 0.2) is 48.9 Å². The van der Waals surface area contributed by atoms with Gasteiger partial charge in [0.1, 0.15) is 5.69 Å². The predicted octanol–water partition coefficient (Wildman–Crippen LogP) is 3.21. The van der Waals surface area contributed by atoms with Gasteiger partial charge in [0.25, 0.3) is 5.91 Å². The number of benzene rings is 1. The van der Waals surface area contributed by atoms with Crippen molar-refractivity contribution in [2.24, 2.45) is 5.41 Å². The second-order valence-electron chi connectivity index (χ2n) is 8.02. The van der Waals surface area contributed by atoms with Crippen molar-refractivity contribution in [1.29, 1.82) is 0 Å². The van der Waals surface area contributed by atoms with E-state index in [1.807, 2.05) is 4.90 Å². The van der Waals surface area contributed by atoms with Crippen LogP contribution in [-0.2, 0) is 0 Å². The molecule has 0 bridgehead atoms. The molecule has 4 rings (SSSR count). The van der Waals surface area contributed by atoms with Gasteiger partial charge in [-0.2, -0.15) is 0 Å². The normalized spacial score (nSPS) is 22.7. The molecule has 2 aromatic rings. The highest BCUT2D eigenvalue weighted by Crippen LogP contribution is 2.45. The van der Waals surface area contributed by atoms with Crippen LogP contribution in [0.3, 0.4) is 0 Å². The van der Waals surface area contributed by atoms with Crippen molar-refractivity contribution in [3.8, 4) is 0 Å². The Labute approximate surface area is 161 Å². The molecule has 27 heavy (non-hydrogen) atoms. The fourth-order valence-electron chi connectivity index (χ4n) is 4.81. The van der Waals surface area contributed by atoms with E-state index in [0.717, 1.165) is 45.6 Å². The third kappa shape index (κ3) is 3.88. The van der Waals surface area contributed by atoms with E-state index in [9.17, 15) is 4.79 Å². The zero-order chi connectivity index (χ0) is 18.7. The van der Waals surface area contributed by atoms with Gasteiger partial charge in [-0.1, -0.05) is 37.3 Å². The Kier molecular flexibility index (Phi) is 5.21. The van der Waals surface area contributed by atoms with E-state index < -0.39 is 0 Å². The summed E-state index contributed by atoms with van der Waals surface area (Å²) in [4.78, 5) is 25.4. The van der Waals surface area contributed by atoms with Gasteiger partial charge in [-0.3, -0.25) is 9.78 Å². The third-order valence-electron chi connectivity index (χ3n) is 6.33. The highest BCUT2D eigenvalue weighted by Gasteiger charge is 2.42. The minimum absolute atomic E-state index is 0.0146. The molecule has 1 spiro atoms. The molecular formula is C22H28N4O. The van der Waals surface area contributed by atoms with Crippen molar-refractivity contribution in [2.45, 2.75) is 32.1 Å². The summed E-state index contributed by atoms with van der Waals surface area (Å²) >= 11 is 0. The highest BCUT2D eigenvalue weighted by atomic mass is 16.2. The molecule has 1 aromatic carbocycles. The van der Waals surface area contributed by atoms with Gasteiger partial charge in [-0.15, -0.1) is 0 Å². The molecule has 2 aliphatic heterocycles. The molecular weight excluding hydrogens is 336 g/mol. The lowest BCUT2D eigenvalue weighted by molar-refractivity contribution is 0.0156. The van der Waals surface area contributed by atoms with Crippen molar-refractivity contribution in [2.75, 3.05) is 32.7 Å². The first-order chi connectivity index (χ1) is 13.2. The molecule has 1 aromatic heterocycles. The molecule has 0 radical (unpaired) electrons. The van der Waals surface area contributed by atoms with E-state index in [1.165, 1.54) is 12.0 Å². The van der Waals surface area contributed by atoms with Gasteiger partial charge in [-0.25, -0.2) is 4.98 Å². The second-order valence-corrected chi connectivity index (χ2v) is 8.02. The SMILES string of the molecule is CCN1C[C@H](c2ccccc2)CC2(CCN(C(=O)c3cnccn3)CC2)C1. The van der Waals surface area contributed by atoms with Gasteiger partial charge in [0, 0.05) is 38.6 Å². The van der Waals surface area contributed by atoms with Crippen molar-refractivity contribution < 1.29 is 4.79 Å². The Morgan fingerprint density at radius 3 is 2.63 bits per heavy atom. The second kappa shape index (κ2) is 7.77. The predicted molar refractivity (Wildman–Crippen MR) is 106 cm³/mol. The fourth-order valence-corrected chi connectivity index (χ4v) is 4.81. The maximum atomic E-state index is 12.7. The lowest BCUT2D eigenvalue weighted by atomic mass is 9.68. The number of hydrogen-bond donors (Lipinski definition) is 0. The van der Waals surface area contributed by atoms with Crippen LogP contribution < -0.4 is 0 Å². The first-order valence-corrected chi connectivity index (χ1v) is 10.0. The molecule has 142 valence electrons. The number of amides is 1. The Morgan fingerprint density at radius 2 is 1.96 bits per heavy atom. The molecule has 0 N–H and O–H groups in total. The van der Waals surface area contributed by atoms with Crippen LogP contribution in [0.2, 0.25) is 0 Å². The average Bonchev–Trinajstić information content (AvgIpc) is 2.75. The number of rotatable bonds is 3. The number of carbonyl (C=O) groups is 1. The number of likely N-dealkylation sites (tertiary alicyclic amines) is 2. The minimum atomic E-state index is 0.0146. The average molecular weight is 364 g/mol. The summed E-state index contributed by atoms with van der Waals surface area (Å²) in [6, 6.07) is 10.9. The maximum absolute atomic E-state index is 12.7. The Balaban J connectivity index is 1.46. The van der Waals surface area contributed by atoms with E-state index in [4.69, 9.17) is 0 Å². The van der Waals surface area contributed by atoms with Crippen LogP contribution in [-0.4, -0.2) is 58.4 Å². The molecule has 5 nitrogen and oxygen atoms in total. The van der Waals surface area contributed by atoms with Gasteiger partial charge in [0.15, 0.2) is 0 Å². The van der Waals surface area contributed by atoms with E-state index in [-0.39, 0.29) is 5.91 Å². The van der Waals surface area contributed by atoms with E-state index >= 15 is 0 Å². The van der Waals surface area contributed by atoms with Crippen LogP contribution in [0.5, 0.6) is 0 Å². The molecule has 2 fully saturated rings. The third-order valence-corrected chi connectivity index (χ3v) is 6.33. The van der Waals surface area contributed by atoms with Gasteiger partial charge >= 0.3 is 0 Å². The van der Waals surface area contributed by atoms with E-state index in [1.54, 1.807) is 18.6 Å². The van der Waals surface area contributed by atoms with Crippen molar-refractivity contribution >= 4 is 5.91 Å². The summed E-state index contributed by atoms with van der Waals surface area (Å²) in [5.41, 5.74) is 2.22. The monoisotopic (exact) mass is 364 g/mol. The summed E-state index contributed by atoms with van der Waals surface area (Å²) < 4.78 is 0. The van der Waals surface area contributed by atoms with E-state index in [0.29, 0.717) is 17.0 Å². The molecule has 0 aliphatic carbocycles. The van der Waals surface area contributed by atoms with Crippen molar-refractivity contribution in [3.63, 3.8) is 0 Å². The molecule has 0 unspecified atom stereocenters. The fraction of sp³-hybridized carbons (Fsp3) is 0.500. The standard InChI is InChI=1S/C22H28N4O/c1-2-25-16-19(18-6-4-3-5-7-18)14-22(17-25)8-12-26(13-9-22)21(27)20-15-23-10-11-24-20/h3-7,10-11,15,19H,2,8-9,12-14,16-17H2,1H3/t19-/m1/s1. The van der Waals surface area contributed by atoms with E-state index in [2.05, 4.69) is 52.1 Å². The quantitative estimate of drug-likeness (QED) is 0.839. The first kappa shape index (κ1) is 18.1. The molecule has 3 heterocycles. The van der Waals surface area contributed by atoms with Crippen LogP contribution in [0, 0.1) is 5.41 Å². The molecule has 0 saturated carbocycles. The van der Waals surface area contributed by atoms with Crippen LogP contribution in [0.25, 0.3) is 0 Å². The summed E-state index contributed by atoms with van der Waals surface area (Å²) in [7, 11) is 0. The maximum Gasteiger partial charge on any atom is 0.274 e. The smallest absolute Gasteiger partial charge is 0.274 e. The number of likely N-dealkylation sites (N-methyl/N-ethyl adjacent to an activating group) is 1. The summed E-state index contributed by atoms with van der Waals surface area (Å²) in [5, 5.41) is 0. The number of carbonyl (C=O) groups excluding carboxylic acids is 1. The molecule has 1 atom stereocenters. The van der Waals surface area contributed by atoms with Crippen LogP contribution in [0.4, 0.5) is 0 Å². The number of nitrogens with zero attached hydrogens (tertiary/aromatic N) is 4. The largest absolute Gasteiger partial charge is 0.337 e. The van der Waals surface area contributed by atoms with Gasteiger partial charge < -0.3 is 9.80 Å². The molecule has 2 saturated heterocycles. The van der Waals surface area contributed by atoms with Gasteiger partial charge in [0.05, 0.1) is 6.20 Å². The topological polar surface area (TPSA) is 49.3 Å². The Hall–Kier alpha value is -2.27. The lowest BCUT2D eigenvalue weighted by Crippen LogP contribution is -2.52. The summed E-state index contributed by atoms with van der Waals surface area (Å²) in [6.07, 6.45) is 8.12. The Bertz CT molecular complexity index is 756. The van der Waals surface area contributed by atoms with Gasteiger partial charge in [0.2, 0.25) is 0 Å². The highest BCUT2D eigenvalue weighted by molar-refractivity contribution is 5.92. The molecule has 1 amide bonds. The molecule has 5 heteroatoms. The van der Waals surface area contributed by atoms with Crippen LogP contribution in [0.1, 0.15) is 48.2 Å². The zero-order valence-electron chi connectivity index (χ0n) is 16.1. The number of aromatic nitrogens is 2. The minimum Gasteiger partial charge on any atom is -0.337 e. The Morgan fingerprint density at radius 1 is 1.19 bits per heavy atom. The summed E-state index contributed by atoms with van der Waals surface area (Å²) in [6.45, 7) is 7.27. The molecule has 2 aliphatic rings. The summed E-state index contributed by atoms with van der Waals surface area (Å²) in [5.74, 6) is 0.600. The van der Waals surface area contributed by atoms with Crippen LogP contribution >= 0.6 is 0 Å². The zero-order valence-corrected chi connectivity index (χ0v) is 16.1.